The first-order valence-electron chi connectivity index (χ1n) is 17.7. The molecule has 6 amide bonds. The lowest BCUT2D eigenvalue weighted by Gasteiger charge is -2.18. The molecule has 2 aliphatic heterocycles. The van der Waals surface area contributed by atoms with Gasteiger partial charge < -0.3 is 20.5 Å². The molecule has 1 aliphatic carbocycles. The number of likely N-dealkylation sites (tertiary alicyclic amines) is 1. The van der Waals surface area contributed by atoms with Crippen molar-refractivity contribution in [3.05, 3.63) is 106 Å². The normalized spacial score (nSPS) is 17.7. The number of nitrogens with one attached hydrogen (secondary N) is 4. The molecule has 54 heavy (non-hydrogen) atoms. The van der Waals surface area contributed by atoms with Gasteiger partial charge in [0.05, 0.1) is 6.54 Å². The number of urea groups is 1. The number of hydrazone groups is 1. The SMILES string of the molecule is Cc1cc2c(c3ccccc13)C(CCl)CN2C(=O)c1cc2cc(NC(=O)C3=Cc4cc(NC(=O)N/N=C/CN5C(=O)CC(C)C5=O)ccc4C3)ccc2[nH]1. The van der Waals surface area contributed by atoms with Crippen LogP contribution >= 0.6 is 11.6 Å². The zero-order valence-corrected chi connectivity index (χ0v) is 30.3. The van der Waals surface area contributed by atoms with Gasteiger partial charge in [0.15, 0.2) is 0 Å². The van der Waals surface area contributed by atoms with Crippen LogP contribution in [0.1, 0.15) is 52.0 Å². The molecule has 2 unspecified atom stereocenters. The number of anilines is 3. The Balaban J connectivity index is 0.909. The molecule has 5 aromatic rings. The van der Waals surface area contributed by atoms with Gasteiger partial charge >= 0.3 is 6.03 Å². The molecule has 3 heterocycles. The maximum Gasteiger partial charge on any atom is 0.339 e. The molecule has 12 nitrogen and oxygen atoms in total. The summed E-state index contributed by atoms with van der Waals surface area (Å²) in [6.07, 6.45) is 3.68. The fraction of sp³-hybridized carbons (Fsp3) is 0.220. The number of aromatic nitrogens is 1. The minimum atomic E-state index is -0.600. The van der Waals surface area contributed by atoms with Gasteiger partial charge in [0.25, 0.3) is 11.8 Å². The zero-order valence-electron chi connectivity index (χ0n) is 29.5. The number of carbonyl (C=O) groups excluding carboxylic acids is 5. The van der Waals surface area contributed by atoms with Gasteiger partial charge in [-0.3, -0.25) is 24.1 Å². The first-order valence-corrected chi connectivity index (χ1v) is 18.2. The number of benzene rings is 4. The third-order valence-corrected chi connectivity index (χ3v) is 10.7. The van der Waals surface area contributed by atoms with Crippen molar-refractivity contribution in [3.63, 3.8) is 0 Å². The van der Waals surface area contributed by atoms with E-state index in [2.05, 4.69) is 51.3 Å². The first kappa shape index (κ1) is 34.8. The number of alkyl halides is 1. The Kier molecular flexibility index (Phi) is 8.98. The number of carbonyl (C=O) groups is 5. The second-order valence-corrected chi connectivity index (χ2v) is 14.3. The molecule has 8 rings (SSSR count). The lowest BCUT2D eigenvalue weighted by Crippen LogP contribution is -2.32. The van der Waals surface area contributed by atoms with Crippen LogP contribution in [0.15, 0.2) is 83.5 Å². The second kappa shape index (κ2) is 13.9. The number of aryl methyl sites for hydroxylation is 1. The van der Waals surface area contributed by atoms with E-state index in [1.807, 2.05) is 41.3 Å². The fourth-order valence-corrected chi connectivity index (χ4v) is 7.86. The highest BCUT2D eigenvalue weighted by Gasteiger charge is 2.36. The Morgan fingerprint density at radius 1 is 0.981 bits per heavy atom. The molecule has 0 radical (unpaired) electrons. The van der Waals surface area contributed by atoms with E-state index >= 15 is 0 Å². The Bertz CT molecular complexity index is 2490. The Morgan fingerprint density at radius 2 is 1.76 bits per heavy atom. The molecule has 272 valence electrons. The molecule has 4 N–H and O–H groups in total. The minimum Gasteiger partial charge on any atom is -0.351 e. The molecule has 0 bridgehead atoms. The topological polar surface area (TPSA) is 156 Å². The van der Waals surface area contributed by atoms with Crippen LogP contribution in [0.25, 0.3) is 27.8 Å². The summed E-state index contributed by atoms with van der Waals surface area (Å²) < 4.78 is 0. The standard InChI is InChI=1S/C41H36ClN7O5/c1-22-13-35-37(32-6-4-3-5-31(22)32)28(20-42)21-49(35)40(53)34-19-26-18-29(9-10-33(26)46-34)44-38(51)27-15-24-7-8-30(17-25(24)16-27)45-41(54)47-43-11-12-48-36(50)14-23(2)39(48)52/h3-11,13,16-19,23,28,46H,12,14-15,20-21H2,1-2H3,(H,44,51)(H2,45,47,54)/b43-11+. The van der Waals surface area contributed by atoms with E-state index in [1.54, 1.807) is 31.2 Å². The summed E-state index contributed by atoms with van der Waals surface area (Å²) in [6.45, 7) is 4.23. The number of H-pyrrole nitrogens is 1. The summed E-state index contributed by atoms with van der Waals surface area (Å²) in [5.41, 5.74) is 10.0. The van der Waals surface area contributed by atoms with E-state index in [4.69, 9.17) is 11.6 Å². The van der Waals surface area contributed by atoms with Crippen molar-refractivity contribution < 1.29 is 24.0 Å². The molecule has 0 saturated carbocycles. The number of amides is 6. The van der Waals surface area contributed by atoms with E-state index in [0.717, 1.165) is 54.5 Å². The number of hydrogen-bond donors (Lipinski definition) is 4. The van der Waals surface area contributed by atoms with Crippen LogP contribution in [-0.2, 0) is 20.8 Å². The van der Waals surface area contributed by atoms with Crippen molar-refractivity contribution in [2.24, 2.45) is 11.0 Å². The summed E-state index contributed by atoms with van der Waals surface area (Å²) >= 11 is 6.44. The summed E-state index contributed by atoms with van der Waals surface area (Å²) in [5.74, 6) is -0.843. The van der Waals surface area contributed by atoms with Crippen LogP contribution in [0, 0.1) is 12.8 Å². The molecule has 1 saturated heterocycles. The monoisotopic (exact) mass is 741 g/mol. The highest BCUT2D eigenvalue weighted by Crippen LogP contribution is 2.44. The summed E-state index contributed by atoms with van der Waals surface area (Å²) in [6, 6.07) is 22.3. The molecule has 0 spiro atoms. The quantitative estimate of drug-likeness (QED) is 0.0604. The molecule has 1 fully saturated rings. The number of fused-ring (bicyclic) bond motifs is 5. The van der Waals surface area contributed by atoms with Gasteiger partial charge in [0.1, 0.15) is 5.69 Å². The zero-order chi connectivity index (χ0) is 37.7. The third kappa shape index (κ3) is 6.38. The molecule has 2 atom stereocenters. The van der Waals surface area contributed by atoms with Gasteiger partial charge in [-0.1, -0.05) is 37.3 Å². The summed E-state index contributed by atoms with van der Waals surface area (Å²) in [5, 5.41) is 12.6. The van der Waals surface area contributed by atoms with E-state index < -0.39 is 6.03 Å². The minimum absolute atomic E-state index is 0.0156. The van der Waals surface area contributed by atoms with Crippen molar-refractivity contribution in [2.75, 3.05) is 34.5 Å². The fourth-order valence-electron chi connectivity index (χ4n) is 7.61. The van der Waals surface area contributed by atoms with Crippen molar-refractivity contribution in [3.8, 4) is 0 Å². The number of rotatable bonds is 8. The maximum absolute atomic E-state index is 14.0. The summed E-state index contributed by atoms with van der Waals surface area (Å²) in [4.78, 5) is 69.8. The lowest BCUT2D eigenvalue weighted by molar-refractivity contribution is -0.138. The second-order valence-electron chi connectivity index (χ2n) is 14.0. The molecular formula is C41H36ClN7O5. The predicted octanol–water partition coefficient (Wildman–Crippen LogP) is 6.69. The number of aromatic amines is 1. The van der Waals surface area contributed by atoms with Gasteiger partial charge in [-0.25, -0.2) is 10.2 Å². The van der Waals surface area contributed by atoms with E-state index in [0.29, 0.717) is 41.5 Å². The lowest BCUT2D eigenvalue weighted by atomic mass is 9.93. The van der Waals surface area contributed by atoms with Gasteiger partial charge in [0, 0.05) is 76.9 Å². The molecule has 13 heteroatoms. The van der Waals surface area contributed by atoms with E-state index in [1.165, 1.54) is 6.21 Å². The highest BCUT2D eigenvalue weighted by atomic mass is 35.5. The Morgan fingerprint density at radius 3 is 2.54 bits per heavy atom. The molecule has 1 aromatic heterocycles. The number of halogens is 1. The average molecular weight is 742 g/mol. The van der Waals surface area contributed by atoms with Gasteiger partial charge in [0.2, 0.25) is 11.8 Å². The third-order valence-electron chi connectivity index (χ3n) is 10.3. The number of hydrogen-bond acceptors (Lipinski definition) is 6. The van der Waals surface area contributed by atoms with Crippen molar-refractivity contribution in [1.82, 2.24) is 15.3 Å². The number of nitrogens with zero attached hydrogens (tertiary/aromatic N) is 3. The maximum atomic E-state index is 14.0. The predicted molar refractivity (Wildman–Crippen MR) is 210 cm³/mol. The van der Waals surface area contributed by atoms with Gasteiger partial charge in [-0.05, 0) is 88.5 Å². The van der Waals surface area contributed by atoms with Crippen LogP contribution in [0.4, 0.5) is 21.9 Å². The molecule has 3 aliphatic rings. The van der Waals surface area contributed by atoms with Crippen molar-refractivity contribution in [2.45, 2.75) is 32.6 Å². The van der Waals surface area contributed by atoms with Crippen LogP contribution < -0.4 is 21.0 Å². The largest absolute Gasteiger partial charge is 0.351 e. The van der Waals surface area contributed by atoms with Crippen molar-refractivity contribution >= 4 is 92.3 Å². The highest BCUT2D eigenvalue weighted by molar-refractivity contribution is 6.19. The average Bonchev–Trinajstić information content (AvgIpc) is 3.93. The van der Waals surface area contributed by atoms with E-state index in [-0.39, 0.29) is 48.4 Å². The smallest absolute Gasteiger partial charge is 0.339 e. The van der Waals surface area contributed by atoms with Crippen LogP contribution in [0.2, 0.25) is 0 Å². The van der Waals surface area contributed by atoms with Crippen LogP contribution in [0.5, 0.6) is 0 Å². The number of imide groups is 1. The first-order chi connectivity index (χ1) is 26.1. The Hall–Kier alpha value is -6.27. The molecular weight excluding hydrogens is 706 g/mol. The molecule has 4 aromatic carbocycles. The van der Waals surface area contributed by atoms with E-state index in [9.17, 15) is 24.0 Å². The Labute approximate surface area is 315 Å². The van der Waals surface area contributed by atoms with Crippen molar-refractivity contribution in [1.29, 1.82) is 0 Å². The van der Waals surface area contributed by atoms with Crippen LogP contribution in [0.3, 0.4) is 0 Å². The van der Waals surface area contributed by atoms with Gasteiger partial charge in [-0.15, -0.1) is 11.6 Å². The van der Waals surface area contributed by atoms with Gasteiger partial charge in [-0.2, -0.15) is 5.10 Å². The van der Waals surface area contributed by atoms with Crippen LogP contribution in [-0.4, -0.2) is 64.7 Å². The summed E-state index contributed by atoms with van der Waals surface area (Å²) in [7, 11) is 0.